The van der Waals surface area contributed by atoms with Crippen molar-refractivity contribution in [1.82, 2.24) is 14.6 Å². The molecular formula is C13H9ClFN3. The van der Waals surface area contributed by atoms with Crippen LogP contribution >= 0.6 is 11.6 Å². The van der Waals surface area contributed by atoms with E-state index in [-0.39, 0.29) is 5.82 Å². The lowest BCUT2D eigenvalue weighted by Gasteiger charge is -2.02. The van der Waals surface area contributed by atoms with Crippen LogP contribution < -0.4 is 0 Å². The van der Waals surface area contributed by atoms with E-state index >= 15 is 0 Å². The van der Waals surface area contributed by atoms with Crippen LogP contribution in [0.4, 0.5) is 4.39 Å². The Balaban J connectivity index is 2.05. The number of benzene rings is 1. The molecular weight excluding hydrogens is 253 g/mol. The smallest absolute Gasteiger partial charge is 0.160 e. The number of pyridine rings is 1. The molecule has 0 atom stereocenters. The molecule has 0 aliphatic heterocycles. The van der Waals surface area contributed by atoms with Crippen LogP contribution in [0.5, 0.6) is 0 Å². The van der Waals surface area contributed by atoms with Crippen molar-refractivity contribution in [3.8, 4) is 0 Å². The van der Waals surface area contributed by atoms with Gasteiger partial charge in [-0.3, -0.25) is 4.40 Å². The summed E-state index contributed by atoms with van der Waals surface area (Å²) >= 11 is 5.93. The molecule has 0 unspecified atom stereocenters. The Bertz CT molecular complexity index is 708. The van der Waals surface area contributed by atoms with Crippen molar-refractivity contribution < 1.29 is 4.39 Å². The molecule has 0 aliphatic rings. The highest BCUT2D eigenvalue weighted by Gasteiger charge is 2.09. The standard InChI is InChI=1S/C13H9ClFN3/c14-10-5-6-12-16-17-13(18(12)8-10)7-9-3-1-2-4-11(9)15/h1-6,8H,7H2. The third-order valence-corrected chi connectivity index (χ3v) is 2.97. The van der Waals surface area contributed by atoms with Gasteiger partial charge in [-0.1, -0.05) is 29.8 Å². The van der Waals surface area contributed by atoms with Gasteiger partial charge in [-0.25, -0.2) is 4.39 Å². The van der Waals surface area contributed by atoms with Crippen molar-refractivity contribution >= 4 is 17.2 Å². The molecule has 0 spiro atoms. The molecule has 0 bridgehead atoms. The van der Waals surface area contributed by atoms with Crippen molar-refractivity contribution in [3.63, 3.8) is 0 Å². The molecule has 3 nitrogen and oxygen atoms in total. The first-order valence-electron chi connectivity index (χ1n) is 5.46. The number of fused-ring (bicyclic) bond motifs is 1. The molecule has 3 rings (SSSR count). The van der Waals surface area contributed by atoms with E-state index in [0.29, 0.717) is 28.5 Å². The monoisotopic (exact) mass is 261 g/mol. The van der Waals surface area contributed by atoms with Gasteiger partial charge >= 0.3 is 0 Å². The van der Waals surface area contributed by atoms with Crippen LogP contribution in [0.2, 0.25) is 5.02 Å². The van der Waals surface area contributed by atoms with E-state index in [1.165, 1.54) is 6.07 Å². The number of halogens is 2. The van der Waals surface area contributed by atoms with Crippen molar-refractivity contribution in [2.45, 2.75) is 6.42 Å². The minimum absolute atomic E-state index is 0.240. The van der Waals surface area contributed by atoms with Crippen LogP contribution in [0, 0.1) is 5.82 Å². The maximum Gasteiger partial charge on any atom is 0.160 e. The van der Waals surface area contributed by atoms with Crippen LogP contribution in [0.1, 0.15) is 11.4 Å². The van der Waals surface area contributed by atoms with Gasteiger partial charge in [-0.05, 0) is 23.8 Å². The first kappa shape index (κ1) is 11.2. The Morgan fingerprint density at radius 1 is 1.11 bits per heavy atom. The number of hydrogen-bond donors (Lipinski definition) is 0. The normalized spacial score (nSPS) is 11.0. The van der Waals surface area contributed by atoms with Gasteiger partial charge in [0.2, 0.25) is 0 Å². The molecule has 5 heteroatoms. The lowest BCUT2D eigenvalue weighted by Crippen LogP contribution is -1.98. The highest BCUT2D eigenvalue weighted by atomic mass is 35.5. The maximum atomic E-state index is 13.6. The number of rotatable bonds is 2. The Morgan fingerprint density at radius 2 is 1.94 bits per heavy atom. The van der Waals surface area contributed by atoms with Gasteiger partial charge in [0.1, 0.15) is 11.6 Å². The van der Waals surface area contributed by atoms with Gasteiger partial charge in [0.15, 0.2) is 5.65 Å². The third-order valence-electron chi connectivity index (χ3n) is 2.74. The predicted molar refractivity (Wildman–Crippen MR) is 67.2 cm³/mol. The SMILES string of the molecule is Fc1ccccc1Cc1nnc2ccc(Cl)cn12. The number of nitrogens with zero attached hydrogens (tertiary/aromatic N) is 3. The van der Waals surface area contributed by atoms with Gasteiger partial charge in [0, 0.05) is 12.6 Å². The van der Waals surface area contributed by atoms with Gasteiger partial charge < -0.3 is 0 Å². The molecule has 0 fully saturated rings. The molecule has 0 aliphatic carbocycles. The van der Waals surface area contributed by atoms with Crippen LogP contribution in [0.25, 0.3) is 5.65 Å². The number of hydrogen-bond acceptors (Lipinski definition) is 2. The number of aromatic nitrogens is 3. The van der Waals surface area contributed by atoms with Gasteiger partial charge in [-0.15, -0.1) is 10.2 Å². The topological polar surface area (TPSA) is 30.2 Å². The highest BCUT2D eigenvalue weighted by Crippen LogP contribution is 2.15. The fourth-order valence-electron chi connectivity index (χ4n) is 1.84. The summed E-state index contributed by atoms with van der Waals surface area (Å²) < 4.78 is 15.3. The highest BCUT2D eigenvalue weighted by molar-refractivity contribution is 6.30. The summed E-state index contributed by atoms with van der Waals surface area (Å²) in [6, 6.07) is 10.2. The molecule has 3 aromatic rings. The zero-order chi connectivity index (χ0) is 12.5. The summed E-state index contributed by atoms with van der Waals surface area (Å²) in [5, 5.41) is 8.67. The van der Waals surface area contributed by atoms with Crippen molar-refractivity contribution in [1.29, 1.82) is 0 Å². The average Bonchev–Trinajstić information content (AvgIpc) is 2.75. The summed E-state index contributed by atoms with van der Waals surface area (Å²) in [5.74, 6) is 0.425. The van der Waals surface area contributed by atoms with E-state index in [9.17, 15) is 4.39 Å². The van der Waals surface area contributed by atoms with E-state index in [1.807, 2.05) is 0 Å². The molecule has 2 aromatic heterocycles. The summed E-state index contributed by atoms with van der Waals surface area (Å²) in [6.07, 6.45) is 2.11. The van der Waals surface area contributed by atoms with Gasteiger partial charge in [0.05, 0.1) is 5.02 Å². The molecule has 0 saturated carbocycles. The fraction of sp³-hybridized carbons (Fsp3) is 0.0769. The fourth-order valence-corrected chi connectivity index (χ4v) is 2.01. The zero-order valence-corrected chi connectivity index (χ0v) is 10.1. The molecule has 0 amide bonds. The van der Waals surface area contributed by atoms with E-state index in [1.54, 1.807) is 40.9 Å². The van der Waals surface area contributed by atoms with E-state index in [4.69, 9.17) is 11.6 Å². The molecule has 1 aromatic carbocycles. The summed E-state index contributed by atoms with van der Waals surface area (Å²) in [6.45, 7) is 0. The Hall–Kier alpha value is -1.94. The molecule has 2 heterocycles. The van der Waals surface area contributed by atoms with E-state index < -0.39 is 0 Å². The first-order chi connectivity index (χ1) is 8.74. The molecule has 0 N–H and O–H groups in total. The van der Waals surface area contributed by atoms with Gasteiger partial charge in [-0.2, -0.15) is 0 Å². The minimum Gasteiger partial charge on any atom is -0.285 e. The average molecular weight is 262 g/mol. The summed E-state index contributed by atoms with van der Waals surface area (Å²) in [7, 11) is 0. The second-order valence-corrected chi connectivity index (χ2v) is 4.40. The zero-order valence-electron chi connectivity index (χ0n) is 9.35. The van der Waals surface area contributed by atoms with Crippen LogP contribution in [0.3, 0.4) is 0 Å². The van der Waals surface area contributed by atoms with Crippen molar-refractivity contribution in [2.75, 3.05) is 0 Å². The molecule has 18 heavy (non-hydrogen) atoms. The lowest BCUT2D eigenvalue weighted by molar-refractivity contribution is 0.611. The minimum atomic E-state index is -0.240. The van der Waals surface area contributed by atoms with Crippen LogP contribution in [-0.2, 0) is 6.42 Å². The Kier molecular flexibility index (Phi) is 2.72. The van der Waals surface area contributed by atoms with Crippen molar-refractivity contribution in [3.05, 3.63) is 64.8 Å². The van der Waals surface area contributed by atoms with E-state index in [2.05, 4.69) is 10.2 Å². The van der Waals surface area contributed by atoms with Gasteiger partial charge in [0.25, 0.3) is 0 Å². The summed E-state index contributed by atoms with van der Waals surface area (Å²) in [4.78, 5) is 0. The summed E-state index contributed by atoms with van der Waals surface area (Å²) in [5.41, 5.74) is 1.29. The maximum absolute atomic E-state index is 13.6. The van der Waals surface area contributed by atoms with Crippen molar-refractivity contribution in [2.24, 2.45) is 0 Å². The largest absolute Gasteiger partial charge is 0.285 e. The second-order valence-electron chi connectivity index (χ2n) is 3.96. The van der Waals surface area contributed by atoms with Crippen LogP contribution in [0.15, 0.2) is 42.6 Å². The third kappa shape index (κ3) is 1.95. The van der Waals surface area contributed by atoms with E-state index in [0.717, 1.165) is 0 Å². The quantitative estimate of drug-likeness (QED) is 0.710. The lowest BCUT2D eigenvalue weighted by atomic mass is 10.1. The van der Waals surface area contributed by atoms with Crippen LogP contribution in [-0.4, -0.2) is 14.6 Å². The molecule has 90 valence electrons. The Morgan fingerprint density at radius 3 is 2.78 bits per heavy atom. The molecule has 0 saturated heterocycles. The predicted octanol–water partition coefficient (Wildman–Crippen LogP) is 3.11. The first-order valence-corrected chi connectivity index (χ1v) is 5.84. The molecule has 0 radical (unpaired) electrons. The second kappa shape index (κ2) is 4.38. The Labute approximate surface area is 108 Å².